The first-order chi connectivity index (χ1) is 7.97. The summed E-state index contributed by atoms with van der Waals surface area (Å²) >= 11 is 0. The average Bonchev–Trinajstić information content (AvgIpc) is 2.70. The highest BCUT2D eigenvalue weighted by Crippen LogP contribution is 2.37. The Labute approximate surface area is 104 Å². The Morgan fingerprint density at radius 2 is 2.12 bits per heavy atom. The second kappa shape index (κ2) is 4.24. The molecule has 2 rings (SSSR count). The molecule has 0 atom stereocenters. The molecule has 96 valence electrons. The molecular formula is C13H24N4. The minimum Gasteiger partial charge on any atom is -0.394 e. The van der Waals surface area contributed by atoms with Gasteiger partial charge in [0.15, 0.2) is 5.82 Å². The Hall–Kier alpha value is -1.19. The third kappa shape index (κ3) is 2.01. The fourth-order valence-electron chi connectivity index (χ4n) is 2.83. The van der Waals surface area contributed by atoms with Crippen LogP contribution in [-0.2, 0) is 13.5 Å². The Morgan fingerprint density at radius 1 is 1.41 bits per heavy atom. The SMILES string of the molecule is CCCc1nn(C)c(N2CCCC2(C)C)c1N. The van der Waals surface area contributed by atoms with Gasteiger partial charge in [0.25, 0.3) is 0 Å². The van der Waals surface area contributed by atoms with Gasteiger partial charge in [-0.05, 0) is 33.1 Å². The number of aromatic nitrogens is 2. The van der Waals surface area contributed by atoms with E-state index >= 15 is 0 Å². The zero-order chi connectivity index (χ0) is 12.6. The molecule has 1 aromatic rings. The number of hydrogen-bond acceptors (Lipinski definition) is 3. The molecule has 0 saturated carbocycles. The van der Waals surface area contributed by atoms with E-state index in [1.807, 2.05) is 11.7 Å². The number of nitrogens with zero attached hydrogens (tertiary/aromatic N) is 3. The van der Waals surface area contributed by atoms with Crippen molar-refractivity contribution in [2.45, 2.75) is 52.0 Å². The van der Waals surface area contributed by atoms with Crippen molar-refractivity contribution < 1.29 is 0 Å². The fourth-order valence-corrected chi connectivity index (χ4v) is 2.83. The van der Waals surface area contributed by atoms with Gasteiger partial charge in [-0.1, -0.05) is 13.3 Å². The van der Waals surface area contributed by atoms with E-state index in [9.17, 15) is 0 Å². The van der Waals surface area contributed by atoms with Gasteiger partial charge >= 0.3 is 0 Å². The molecule has 2 heterocycles. The topological polar surface area (TPSA) is 47.1 Å². The summed E-state index contributed by atoms with van der Waals surface area (Å²) in [5.74, 6) is 1.11. The first kappa shape index (κ1) is 12.3. The predicted molar refractivity (Wildman–Crippen MR) is 72.3 cm³/mol. The predicted octanol–water partition coefficient (Wildman–Crippen LogP) is 2.33. The van der Waals surface area contributed by atoms with Gasteiger partial charge in [-0.25, -0.2) is 0 Å². The molecule has 4 heteroatoms. The molecule has 0 aromatic carbocycles. The van der Waals surface area contributed by atoms with Crippen LogP contribution in [0.25, 0.3) is 0 Å². The minimum atomic E-state index is 0.200. The van der Waals surface area contributed by atoms with Gasteiger partial charge in [0.1, 0.15) is 0 Å². The van der Waals surface area contributed by atoms with Gasteiger partial charge in [-0.3, -0.25) is 4.68 Å². The van der Waals surface area contributed by atoms with E-state index in [1.165, 1.54) is 12.8 Å². The van der Waals surface area contributed by atoms with Crippen molar-refractivity contribution in [3.05, 3.63) is 5.69 Å². The van der Waals surface area contributed by atoms with Gasteiger partial charge in [-0.15, -0.1) is 0 Å². The molecule has 4 nitrogen and oxygen atoms in total. The Morgan fingerprint density at radius 3 is 2.65 bits per heavy atom. The summed E-state index contributed by atoms with van der Waals surface area (Å²) in [5, 5.41) is 4.56. The molecule has 0 unspecified atom stereocenters. The molecule has 0 amide bonds. The van der Waals surface area contributed by atoms with Crippen LogP contribution >= 0.6 is 0 Å². The van der Waals surface area contributed by atoms with E-state index in [4.69, 9.17) is 5.73 Å². The van der Waals surface area contributed by atoms with E-state index < -0.39 is 0 Å². The molecular weight excluding hydrogens is 212 g/mol. The lowest BCUT2D eigenvalue weighted by Crippen LogP contribution is -2.39. The van der Waals surface area contributed by atoms with Gasteiger partial charge in [0.2, 0.25) is 0 Å². The Bertz CT molecular complexity index is 406. The maximum Gasteiger partial charge on any atom is 0.150 e. The maximum atomic E-state index is 6.27. The molecule has 1 fully saturated rings. The first-order valence-electron chi connectivity index (χ1n) is 6.56. The molecule has 2 N–H and O–H groups in total. The third-order valence-corrected chi connectivity index (χ3v) is 3.77. The summed E-state index contributed by atoms with van der Waals surface area (Å²) in [6.07, 6.45) is 4.51. The van der Waals surface area contributed by atoms with Crippen molar-refractivity contribution >= 4 is 11.5 Å². The second-order valence-electron chi connectivity index (χ2n) is 5.63. The summed E-state index contributed by atoms with van der Waals surface area (Å²) < 4.78 is 1.95. The van der Waals surface area contributed by atoms with Crippen molar-refractivity contribution in [3.8, 4) is 0 Å². The van der Waals surface area contributed by atoms with Crippen LogP contribution in [0.2, 0.25) is 0 Å². The number of hydrogen-bond donors (Lipinski definition) is 1. The van der Waals surface area contributed by atoms with Crippen LogP contribution < -0.4 is 10.6 Å². The number of rotatable bonds is 3. The van der Waals surface area contributed by atoms with Gasteiger partial charge < -0.3 is 10.6 Å². The quantitative estimate of drug-likeness (QED) is 0.876. The van der Waals surface area contributed by atoms with E-state index in [-0.39, 0.29) is 5.54 Å². The summed E-state index contributed by atoms with van der Waals surface area (Å²) in [4.78, 5) is 2.41. The van der Waals surface area contributed by atoms with Crippen molar-refractivity contribution in [2.75, 3.05) is 17.2 Å². The van der Waals surface area contributed by atoms with E-state index in [0.717, 1.165) is 36.6 Å². The Kier molecular flexibility index (Phi) is 3.06. The highest BCUT2D eigenvalue weighted by atomic mass is 15.4. The van der Waals surface area contributed by atoms with Crippen LogP contribution in [0.4, 0.5) is 11.5 Å². The number of nitrogens with two attached hydrogens (primary N) is 1. The van der Waals surface area contributed by atoms with Crippen LogP contribution in [0.5, 0.6) is 0 Å². The highest BCUT2D eigenvalue weighted by molar-refractivity contribution is 5.68. The highest BCUT2D eigenvalue weighted by Gasteiger charge is 2.35. The fraction of sp³-hybridized carbons (Fsp3) is 0.769. The largest absolute Gasteiger partial charge is 0.394 e. The molecule has 1 aliphatic heterocycles. The molecule has 0 spiro atoms. The van der Waals surface area contributed by atoms with Crippen molar-refractivity contribution in [1.82, 2.24) is 9.78 Å². The van der Waals surface area contributed by atoms with Gasteiger partial charge in [0, 0.05) is 19.1 Å². The van der Waals surface area contributed by atoms with Crippen molar-refractivity contribution in [3.63, 3.8) is 0 Å². The zero-order valence-electron chi connectivity index (χ0n) is 11.5. The number of nitrogen functional groups attached to an aromatic ring is 1. The van der Waals surface area contributed by atoms with E-state index in [1.54, 1.807) is 0 Å². The molecule has 17 heavy (non-hydrogen) atoms. The van der Waals surface area contributed by atoms with Gasteiger partial charge in [-0.2, -0.15) is 5.10 Å². The van der Waals surface area contributed by atoms with Crippen molar-refractivity contribution in [1.29, 1.82) is 0 Å². The lowest BCUT2D eigenvalue weighted by Gasteiger charge is -2.33. The summed E-state index contributed by atoms with van der Waals surface area (Å²) in [5.41, 5.74) is 8.39. The van der Waals surface area contributed by atoms with Crippen molar-refractivity contribution in [2.24, 2.45) is 7.05 Å². The maximum absolute atomic E-state index is 6.27. The lowest BCUT2D eigenvalue weighted by atomic mass is 10.0. The monoisotopic (exact) mass is 236 g/mol. The normalized spacial score (nSPS) is 18.9. The summed E-state index contributed by atoms with van der Waals surface area (Å²) in [6, 6.07) is 0. The molecule has 1 aromatic heterocycles. The van der Waals surface area contributed by atoms with E-state index in [2.05, 4.69) is 30.8 Å². The lowest BCUT2D eigenvalue weighted by molar-refractivity contribution is 0.506. The Balaban J connectivity index is 2.38. The van der Waals surface area contributed by atoms with Crippen LogP contribution in [-0.4, -0.2) is 21.9 Å². The van der Waals surface area contributed by atoms with Gasteiger partial charge in [0.05, 0.1) is 11.4 Å². The molecule has 0 bridgehead atoms. The van der Waals surface area contributed by atoms with Crippen LogP contribution in [0.3, 0.4) is 0 Å². The second-order valence-corrected chi connectivity index (χ2v) is 5.63. The third-order valence-electron chi connectivity index (χ3n) is 3.77. The zero-order valence-corrected chi connectivity index (χ0v) is 11.5. The molecule has 0 aliphatic carbocycles. The summed E-state index contributed by atoms with van der Waals surface area (Å²) in [6.45, 7) is 7.81. The number of aryl methyl sites for hydroxylation is 2. The average molecular weight is 236 g/mol. The standard InChI is InChI=1S/C13H24N4/c1-5-7-10-11(14)12(16(4)15-10)17-9-6-8-13(17,2)3/h5-9,14H2,1-4H3. The smallest absolute Gasteiger partial charge is 0.150 e. The first-order valence-corrected chi connectivity index (χ1v) is 6.56. The molecule has 1 saturated heterocycles. The molecule has 1 aliphatic rings. The minimum absolute atomic E-state index is 0.200. The van der Waals surface area contributed by atoms with Crippen LogP contribution in [0.15, 0.2) is 0 Å². The summed E-state index contributed by atoms with van der Waals surface area (Å²) in [7, 11) is 2.00. The molecule has 0 radical (unpaired) electrons. The van der Waals surface area contributed by atoms with E-state index in [0.29, 0.717) is 0 Å². The van der Waals surface area contributed by atoms with Crippen LogP contribution in [0.1, 0.15) is 45.7 Å². The number of anilines is 2. The van der Waals surface area contributed by atoms with Crippen LogP contribution in [0, 0.1) is 0 Å².